The van der Waals surface area contributed by atoms with E-state index in [1.165, 1.54) is 0 Å². The summed E-state index contributed by atoms with van der Waals surface area (Å²) in [6, 6.07) is 0. The molecule has 0 N–H and O–H groups in total. The minimum absolute atomic E-state index is 0.197. The van der Waals surface area contributed by atoms with Gasteiger partial charge in [0.1, 0.15) is 0 Å². The SMILES string of the molecule is [CH2]CC(=O)OCCCCl. The maximum atomic E-state index is 10.4. The molecule has 0 aromatic heterocycles. The second-order valence-electron chi connectivity index (χ2n) is 1.51. The van der Waals surface area contributed by atoms with Gasteiger partial charge in [0.05, 0.1) is 6.61 Å². The third kappa shape index (κ3) is 5.63. The monoisotopic (exact) mass is 149 g/mol. The number of alkyl halides is 1. The van der Waals surface area contributed by atoms with E-state index in [0.717, 1.165) is 0 Å². The quantitative estimate of drug-likeness (QED) is 0.343. The first kappa shape index (κ1) is 8.76. The molecule has 0 saturated heterocycles. The summed E-state index contributed by atoms with van der Waals surface area (Å²) in [6.07, 6.45) is 0.912. The molecular weight excluding hydrogens is 140 g/mol. The molecule has 0 spiro atoms. The molecule has 0 amide bonds. The van der Waals surface area contributed by atoms with Gasteiger partial charge in [-0.15, -0.1) is 11.6 Å². The number of carbonyl (C=O) groups is 1. The van der Waals surface area contributed by atoms with Gasteiger partial charge in [-0.1, -0.05) is 0 Å². The number of ether oxygens (including phenoxy) is 1. The highest BCUT2D eigenvalue weighted by atomic mass is 35.5. The van der Waals surface area contributed by atoms with Crippen molar-refractivity contribution in [3.63, 3.8) is 0 Å². The van der Waals surface area contributed by atoms with Crippen molar-refractivity contribution in [3.05, 3.63) is 6.92 Å². The van der Waals surface area contributed by atoms with E-state index < -0.39 is 0 Å². The average molecular weight is 150 g/mol. The number of rotatable bonds is 4. The van der Waals surface area contributed by atoms with Gasteiger partial charge in [0.2, 0.25) is 0 Å². The van der Waals surface area contributed by atoms with Crippen LogP contribution in [0.2, 0.25) is 0 Å². The third-order valence-electron chi connectivity index (χ3n) is 0.745. The van der Waals surface area contributed by atoms with E-state index in [9.17, 15) is 4.79 Å². The fourth-order valence-corrected chi connectivity index (χ4v) is 0.422. The zero-order valence-electron chi connectivity index (χ0n) is 5.23. The summed E-state index contributed by atoms with van der Waals surface area (Å²) in [4.78, 5) is 10.4. The van der Waals surface area contributed by atoms with E-state index in [4.69, 9.17) is 11.6 Å². The molecule has 0 saturated carbocycles. The van der Waals surface area contributed by atoms with E-state index in [0.29, 0.717) is 18.9 Å². The van der Waals surface area contributed by atoms with Crippen LogP contribution in [-0.4, -0.2) is 18.5 Å². The van der Waals surface area contributed by atoms with Gasteiger partial charge in [0, 0.05) is 12.3 Å². The Morgan fingerprint density at radius 1 is 1.67 bits per heavy atom. The molecule has 0 aliphatic carbocycles. The van der Waals surface area contributed by atoms with Gasteiger partial charge in [0.15, 0.2) is 0 Å². The van der Waals surface area contributed by atoms with Gasteiger partial charge in [-0.25, -0.2) is 0 Å². The smallest absolute Gasteiger partial charge is 0.305 e. The van der Waals surface area contributed by atoms with Crippen molar-refractivity contribution in [2.75, 3.05) is 12.5 Å². The molecule has 0 aliphatic rings. The van der Waals surface area contributed by atoms with Gasteiger partial charge in [0.25, 0.3) is 0 Å². The standard InChI is InChI=1S/C6H10ClO2/c1-2-6(8)9-5-3-4-7/h1-5H2. The first-order chi connectivity index (χ1) is 4.31. The van der Waals surface area contributed by atoms with Crippen LogP contribution < -0.4 is 0 Å². The van der Waals surface area contributed by atoms with Crippen molar-refractivity contribution in [3.8, 4) is 0 Å². The van der Waals surface area contributed by atoms with Crippen LogP contribution in [0.1, 0.15) is 12.8 Å². The lowest BCUT2D eigenvalue weighted by molar-refractivity contribution is -0.142. The van der Waals surface area contributed by atoms with Crippen LogP contribution in [0.4, 0.5) is 0 Å². The fourth-order valence-electron chi connectivity index (χ4n) is 0.313. The highest BCUT2D eigenvalue weighted by molar-refractivity contribution is 6.17. The average Bonchev–Trinajstić information content (AvgIpc) is 1.89. The van der Waals surface area contributed by atoms with Gasteiger partial charge in [-0.3, -0.25) is 4.79 Å². The predicted molar refractivity (Wildman–Crippen MR) is 36.3 cm³/mol. The molecule has 0 bridgehead atoms. The minimum Gasteiger partial charge on any atom is -0.466 e. The van der Waals surface area contributed by atoms with Gasteiger partial charge < -0.3 is 4.74 Å². The van der Waals surface area contributed by atoms with Crippen molar-refractivity contribution in [2.45, 2.75) is 12.8 Å². The predicted octanol–water partition coefficient (Wildman–Crippen LogP) is 1.38. The van der Waals surface area contributed by atoms with Crippen LogP contribution in [0, 0.1) is 6.92 Å². The first-order valence-electron chi connectivity index (χ1n) is 2.82. The molecule has 0 aromatic carbocycles. The van der Waals surface area contributed by atoms with Crippen molar-refractivity contribution in [2.24, 2.45) is 0 Å². The molecule has 0 aliphatic heterocycles. The maximum Gasteiger partial charge on any atom is 0.305 e. The molecule has 1 radical (unpaired) electrons. The molecule has 0 atom stereocenters. The minimum atomic E-state index is -0.264. The fraction of sp³-hybridized carbons (Fsp3) is 0.667. The second-order valence-corrected chi connectivity index (χ2v) is 1.89. The number of hydrogen-bond acceptors (Lipinski definition) is 2. The summed E-state index contributed by atoms with van der Waals surface area (Å²) in [5.41, 5.74) is 0. The lowest BCUT2D eigenvalue weighted by Crippen LogP contribution is -2.03. The highest BCUT2D eigenvalue weighted by Gasteiger charge is 1.95. The Balaban J connectivity index is 2.97. The Labute approximate surface area is 60.1 Å². The van der Waals surface area contributed by atoms with Crippen LogP contribution in [0.3, 0.4) is 0 Å². The zero-order chi connectivity index (χ0) is 7.11. The molecule has 0 rings (SSSR count). The van der Waals surface area contributed by atoms with Crippen molar-refractivity contribution < 1.29 is 9.53 Å². The molecule has 0 fully saturated rings. The largest absolute Gasteiger partial charge is 0.466 e. The van der Waals surface area contributed by atoms with Gasteiger partial charge >= 0.3 is 5.97 Å². The molecule has 0 unspecified atom stereocenters. The number of hydrogen-bond donors (Lipinski definition) is 0. The molecule has 0 heterocycles. The summed E-state index contributed by atoms with van der Waals surface area (Å²) >= 11 is 5.32. The van der Waals surface area contributed by atoms with Crippen LogP contribution in [0.25, 0.3) is 0 Å². The molecule has 2 nitrogen and oxygen atoms in total. The molecule has 3 heteroatoms. The number of esters is 1. The Bertz CT molecular complexity index is 83.1. The first-order valence-corrected chi connectivity index (χ1v) is 3.35. The van der Waals surface area contributed by atoms with Gasteiger partial charge in [-0.2, -0.15) is 0 Å². The van der Waals surface area contributed by atoms with E-state index in [2.05, 4.69) is 11.7 Å². The van der Waals surface area contributed by atoms with Crippen molar-refractivity contribution in [1.82, 2.24) is 0 Å². The summed E-state index contributed by atoms with van der Waals surface area (Å²) in [6.45, 7) is 3.77. The zero-order valence-corrected chi connectivity index (χ0v) is 5.99. The maximum absolute atomic E-state index is 10.4. The normalized spacial score (nSPS) is 9.11. The molecular formula is C6H10ClO2. The molecule has 53 valence electrons. The van der Waals surface area contributed by atoms with Crippen LogP contribution >= 0.6 is 11.6 Å². The Kier molecular flexibility index (Phi) is 5.73. The van der Waals surface area contributed by atoms with Crippen LogP contribution in [-0.2, 0) is 9.53 Å². The highest BCUT2D eigenvalue weighted by Crippen LogP contribution is 1.88. The van der Waals surface area contributed by atoms with Crippen LogP contribution in [0.15, 0.2) is 0 Å². The summed E-state index contributed by atoms with van der Waals surface area (Å²) in [5.74, 6) is 0.268. The van der Waals surface area contributed by atoms with E-state index >= 15 is 0 Å². The topological polar surface area (TPSA) is 26.3 Å². The van der Waals surface area contributed by atoms with E-state index in [1.807, 2.05) is 0 Å². The van der Waals surface area contributed by atoms with E-state index in [-0.39, 0.29) is 12.4 Å². The number of halogens is 1. The van der Waals surface area contributed by atoms with Crippen LogP contribution in [0.5, 0.6) is 0 Å². The second kappa shape index (κ2) is 5.89. The van der Waals surface area contributed by atoms with E-state index in [1.54, 1.807) is 0 Å². The third-order valence-corrected chi connectivity index (χ3v) is 1.01. The summed E-state index contributed by atoms with van der Waals surface area (Å²) in [5, 5.41) is 0. The Morgan fingerprint density at radius 2 is 2.33 bits per heavy atom. The Hall–Kier alpha value is -0.240. The number of carbonyl (C=O) groups excluding carboxylic acids is 1. The molecule has 9 heavy (non-hydrogen) atoms. The lowest BCUT2D eigenvalue weighted by Gasteiger charge is -1.98. The lowest BCUT2D eigenvalue weighted by atomic mass is 10.5. The molecule has 0 aromatic rings. The van der Waals surface area contributed by atoms with Gasteiger partial charge in [-0.05, 0) is 13.3 Å². The Morgan fingerprint density at radius 3 is 2.78 bits per heavy atom. The summed E-state index contributed by atoms with van der Waals surface area (Å²) < 4.78 is 4.65. The van der Waals surface area contributed by atoms with Crippen molar-refractivity contribution in [1.29, 1.82) is 0 Å². The van der Waals surface area contributed by atoms with Crippen molar-refractivity contribution >= 4 is 17.6 Å². The summed E-state index contributed by atoms with van der Waals surface area (Å²) in [7, 11) is 0.